The molecule has 0 atom stereocenters. The van der Waals surface area contributed by atoms with Crippen molar-refractivity contribution in [1.29, 1.82) is 0 Å². The number of nitrogen functional groups attached to an aromatic ring is 1. The first-order valence-corrected chi connectivity index (χ1v) is 12.0. The monoisotopic (exact) mass is 429 g/mol. The largest absolute Gasteiger partial charge is 0.382 e. The van der Waals surface area contributed by atoms with Crippen LogP contribution in [0.4, 0.5) is 5.82 Å². The van der Waals surface area contributed by atoms with Crippen molar-refractivity contribution in [2.45, 2.75) is 71.9 Å². The molecule has 0 spiro atoms. The highest BCUT2D eigenvalue weighted by Crippen LogP contribution is 2.31. The van der Waals surface area contributed by atoms with E-state index in [-0.39, 0.29) is 0 Å². The first-order chi connectivity index (χ1) is 15.6. The van der Waals surface area contributed by atoms with Gasteiger partial charge in [-0.2, -0.15) is 0 Å². The van der Waals surface area contributed by atoms with Gasteiger partial charge in [-0.3, -0.25) is 0 Å². The minimum atomic E-state index is 0.521. The summed E-state index contributed by atoms with van der Waals surface area (Å²) < 4.78 is 2.35. The zero-order valence-electron chi connectivity index (χ0n) is 19.4. The van der Waals surface area contributed by atoms with E-state index in [1.54, 1.807) is 0 Å². The number of imidazole rings is 1. The minimum Gasteiger partial charge on any atom is -0.382 e. The molecule has 2 aromatic carbocycles. The Morgan fingerprint density at radius 3 is 2.25 bits per heavy atom. The number of fused-ring (bicyclic) bond motifs is 3. The van der Waals surface area contributed by atoms with E-state index < -0.39 is 0 Å². The fourth-order valence-electron chi connectivity index (χ4n) is 4.40. The number of hydrogen-bond donors (Lipinski definition) is 2. The van der Waals surface area contributed by atoms with E-state index >= 15 is 0 Å². The number of aromatic nitrogens is 3. The van der Waals surface area contributed by atoms with Gasteiger partial charge in [-0.15, -0.1) is 0 Å². The van der Waals surface area contributed by atoms with Crippen LogP contribution in [0.3, 0.4) is 0 Å². The molecule has 0 aliphatic rings. The molecule has 2 heterocycles. The predicted molar refractivity (Wildman–Crippen MR) is 135 cm³/mol. The molecule has 5 nitrogen and oxygen atoms in total. The van der Waals surface area contributed by atoms with E-state index in [2.05, 4.69) is 60.9 Å². The lowest BCUT2D eigenvalue weighted by Gasteiger charge is -2.12. The molecule has 0 aliphatic heterocycles. The summed E-state index contributed by atoms with van der Waals surface area (Å²) in [4.78, 5) is 9.71. The molecule has 0 unspecified atom stereocenters. The average Bonchev–Trinajstić information content (AvgIpc) is 3.17. The SMILES string of the molecule is CCCCCc1ccc2c(c1)nc(N)c1nc(CCCC)n(Cc3ccc(CN)cc3)c12. The van der Waals surface area contributed by atoms with Gasteiger partial charge in [0.15, 0.2) is 5.82 Å². The van der Waals surface area contributed by atoms with Crippen LogP contribution in [0.15, 0.2) is 42.5 Å². The molecule has 32 heavy (non-hydrogen) atoms. The quantitative estimate of drug-likeness (QED) is 0.314. The number of rotatable bonds is 10. The molecule has 4 N–H and O–H groups in total. The molecule has 0 radical (unpaired) electrons. The smallest absolute Gasteiger partial charge is 0.152 e. The van der Waals surface area contributed by atoms with Gasteiger partial charge < -0.3 is 16.0 Å². The maximum Gasteiger partial charge on any atom is 0.152 e. The van der Waals surface area contributed by atoms with Crippen LogP contribution in [0.5, 0.6) is 0 Å². The van der Waals surface area contributed by atoms with E-state index in [0.717, 1.165) is 65.6 Å². The molecular formula is C27H35N5. The van der Waals surface area contributed by atoms with E-state index in [0.29, 0.717) is 12.4 Å². The van der Waals surface area contributed by atoms with Crippen LogP contribution >= 0.6 is 0 Å². The Labute approximate surface area is 190 Å². The Morgan fingerprint density at radius 1 is 0.812 bits per heavy atom. The highest BCUT2D eigenvalue weighted by atomic mass is 15.1. The Kier molecular flexibility index (Phi) is 7.05. The Balaban J connectivity index is 1.82. The molecule has 4 rings (SSSR count). The molecule has 2 aromatic heterocycles. The van der Waals surface area contributed by atoms with Gasteiger partial charge in [-0.05, 0) is 42.0 Å². The Hall–Kier alpha value is -2.92. The maximum absolute atomic E-state index is 6.44. The standard InChI is InChI=1S/C27H35N5/c1-3-5-7-8-19-14-15-22-23(16-19)30-27(29)25-26(22)32(24(31-25)9-6-4-2)18-21-12-10-20(17-28)11-13-21/h10-16H,3-9,17-18,28H2,1-2H3,(H2,29,30). The molecular weight excluding hydrogens is 394 g/mol. The highest BCUT2D eigenvalue weighted by Gasteiger charge is 2.18. The second-order valence-corrected chi connectivity index (χ2v) is 8.74. The molecule has 168 valence electrons. The van der Waals surface area contributed by atoms with Crippen LogP contribution in [-0.4, -0.2) is 14.5 Å². The van der Waals surface area contributed by atoms with Crippen LogP contribution in [0, 0.1) is 0 Å². The molecule has 0 bridgehead atoms. The fourth-order valence-corrected chi connectivity index (χ4v) is 4.40. The summed E-state index contributed by atoms with van der Waals surface area (Å²) in [5.41, 5.74) is 18.8. The minimum absolute atomic E-state index is 0.521. The number of nitrogens with zero attached hydrogens (tertiary/aromatic N) is 3. The average molecular weight is 430 g/mol. The van der Waals surface area contributed by atoms with Crippen molar-refractivity contribution in [1.82, 2.24) is 14.5 Å². The fraction of sp³-hybridized carbons (Fsp3) is 0.407. The first kappa shape index (κ1) is 22.3. The molecule has 4 aromatic rings. The molecule has 0 saturated carbocycles. The highest BCUT2D eigenvalue weighted by molar-refractivity contribution is 6.06. The summed E-state index contributed by atoms with van der Waals surface area (Å²) >= 11 is 0. The molecule has 0 fully saturated rings. The Bertz CT molecular complexity index is 1190. The first-order valence-electron chi connectivity index (χ1n) is 12.0. The zero-order valence-corrected chi connectivity index (χ0v) is 19.4. The Morgan fingerprint density at radius 2 is 1.53 bits per heavy atom. The van der Waals surface area contributed by atoms with Crippen molar-refractivity contribution in [3.63, 3.8) is 0 Å². The van der Waals surface area contributed by atoms with Gasteiger partial charge in [0, 0.05) is 24.9 Å². The van der Waals surface area contributed by atoms with Gasteiger partial charge in [0.2, 0.25) is 0 Å². The zero-order chi connectivity index (χ0) is 22.5. The van der Waals surface area contributed by atoms with Crippen LogP contribution in [0.2, 0.25) is 0 Å². The van der Waals surface area contributed by atoms with Crippen molar-refractivity contribution in [3.05, 3.63) is 65.0 Å². The lowest BCUT2D eigenvalue weighted by Crippen LogP contribution is -2.06. The number of anilines is 1. The van der Waals surface area contributed by atoms with Crippen molar-refractivity contribution < 1.29 is 0 Å². The third-order valence-corrected chi connectivity index (χ3v) is 6.27. The number of unbranched alkanes of at least 4 members (excludes halogenated alkanes) is 3. The number of hydrogen-bond acceptors (Lipinski definition) is 4. The maximum atomic E-state index is 6.44. The summed E-state index contributed by atoms with van der Waals surface area (Å²) in [6.07, 6.45) is 7.93. The number of pyridine rings is 1. The third kappa shape index (κ3) is 4.63. The van der Waals surface area contributed by atoms with Crippen LogP contribution < -0.4 is 11.5 Å². The number of nitrogens with two attached hydrogens (primary N) is 2. The van der Waals surface area contributed by atoms with Crippen LogP contribution in [0.1, 0.15) is 68.5 Å². The van der Waals surface area contributed by atoms with Gasteiger partial charge in [-0.1, -0.05) is 69.5 Å². The van der Waals surface area contributed by atoms with Crippen molar-refractivity contribution in [2.24, 2.45) is 5.73 Å². The van der Waals surface area contributed by atoms with E-state index in [4.69, 9.17) is 21.4 Å². The van der Waals surface area contributed by atoms with Gasteiger partial charge in [-0.25, -0.2) is 9.97 Å². The van der Waals surface area contributed by atoms with Crippen LogP contribution in [0.25, 0.3) is 21.9 Å². The second kappa shape index (κ2) is 10.1. The van der Waals surface area contributed by atoms with Gasteiger partial charge in [0.25, 0.3) is 0 Å². The summed E-state index contributed by atoms with van der Waals surface area (Å²) in [6.45, 7) is 5.77. The van der Waals surface area contributed by atoms with E-state index in [1.165, 1.54) is 30.4 Å². The molecule has 0 saturated heterocycles. The lowest BCUT2D eigenvalue weighted by atomic mass is 10.0. The molecule has 0 aliphatic carbocycles. The summed E-state index contributed by atoms with van der Waals surface area (Å²) in [5, 5.41) is 1.13. The summed E-state index contributed by atoms with van der Waals surface area (Å²) in [5.74, 6) is 1.60. The topological polar surface area (TPSA) is 82.8 Å². The van der Waals surface area contributed by atoms with Crippen molar-refractivity contribution >= 4 is 27.8 Å². The van der Waals surface area contributed by atoms with Crippen molar-refractivity contribution in [3.8, 4) is 0 Å². The third-order valence-electron chi connectivity index (χ3n) is 6.27. The van der Waals surface area contributed by atoms with E-state index in [9.17, 15) is 0 Å². The molecule has 0 amide bonds. The van der Waals surface area contributed by atoms with Crippen LogP contribution in [-0.2, 0) is 25.9 Å². The number of benzene rings is 2. The van der Waals surface area contributed by atoms with Gasteiger partial charge in [0.1, 0.15) is 11.3 Å². The normalized spacial score (nSPS) is 11.6. The second-order valence-electron chi connectivity index (χ2n) is 8.74. The summed E-state index contributed by atoms with van der Waals surface area (Å²) in [7, 11) is 0. The van der Waals surface area contributed by atoms with E-state index in [1.807, 2.05) is 0 Å². The lowest BCUT2D eigenvalue weighted by molar-refractivity contribution is 0.690. The van der Waals surface area contributed by atoms with Crippen molar-refractivity contribution in [2.75, 3.05) is 5.73 Å². The predicted octanol–water partition coefficient (Wildman–Crippen LogP) is 5.75. The summed E-state index contributed by atoms with van der Waals surface area (Å²) in [6, 6.07) is 15.2. The molecule has 5 heteroatoms. The van der Waals surface area contributed by atoms with Gasteiger partial charge >= 0.3 is 0 Å². The van der Waals surface area contributed by atoms with Gasteiger partial charge in [0.05, 0.1) is 11.0 Å². The number of aryl methyl sites for hydroxylation is 2.